The van der Waals surface area contributed by atoms with Crippen LogP contribution in [0.15, 0.2) is 5.38 Å². The third kappa shape index (κ3) is 7.51. The van der Waals surface area contributed by atoms with E-state index in [0.717, 1.165) is 6.42 Å². The molecule has 1 heterocycles. The lowest BCUT2D eigenvalue weighted by Crippen LogP contribution is -2.42. The van der Waals surface area contributed by atoms with Crippen molar-refractivity contribution in [2.75, 3.05) is 26.8 Å². The third-order valence-electron chi connectivity index (χ3n) is 3.23. The molecule has 1 aromatic heterocycles. The molecule has 8 nitrogen and oxygen atoms in total. The molecule has 0 aromatic carbocycles. The SMILES string of the molecule is CCOC(=O)CNC(=O)N(CCC(C)C)Cc1nc(C(=O)OC)cs1. The van der Waals surface area contributed by atoms with Crippen molar-refractivity contribution in [3.8, 4) is 0 Å². The summed E-state index contributed by atoms with van der Waals surface area (Å²) < 4.78 is 9.43. The molecule has 1 N–H and O–H groups in total. The molecule has 0 aliphatic heterocycles. The Kier molecular flexibility index (Phi) is 8.90. The number of ether oxygens (including phenoxy) is 2. The summed E-state index contributed by atoms with van der Waals surface area (Å²) in [4.78, 5) is 41.0. The van der Waals surface area contributed by atoms with Gasteiger partial charge in [-0.15, -0.1) is 11.3 Å². The number of urea groups is 1. The van der Waals surface area contributed by atoms with E-state index in [2.05, 4.69) is 28.9 Å². The van der Waals surface area contributed by atoms with Gasteiger partial charge in [0.25, 0.3) is 0 Å². The molecule has 9 heteroatoms. The van der Waals surface area contributed by atoms with Crippen molar-refractivity contribution < 1.29 is 23.9 Å². The van der Waals surface area contributed by atoms with Crippen LogP contribution in [-0.2, 0) is 20.8 Å². The topological polar surface area (TPSA) is 97.8 Å². The smallest absolute Gasteiger partial charge is 0.357 e. The van der Waals surface area contributed by atoms with Crippen molar-refractivity contribution >= 4 is 29.3 Å². The first-order valence-corrected chi connectivity index (χ1v) is 8.96. The molecule has 0 atom stereocenters. The summed E-state index contributed by atoms with van der Waals surface area (Å²) in [6, 6.07) is -0.372. The van der Waals surface area contributed by atoms with Crippen LogP contribution < -0.4 is 5.32 Å². The maximum atomic E-state index is 12.4. The summed E-state index contributed by atoms with van der Waals surface area (Å²) in [6.07, 6.45) is 0.808. The lowest BCUT2D eigenvalue weighted by Gasteiger charge is -2.22. The summed E-state index contributed by atoms with van der Waals surface area (Å²) in [5.41, 5.74) is 0.221. The number of carbonyl (C=O) groups is 3. The Hall–Kier alpha value is -2.16. The fraction of sp³-hybridized carbons (Fsp3) is 0.625. The number of nitrogens with zero attached hydrogens (tertiary/aromatic N) is 2. The van der Waals surface area contributed by atoms with E-state index in [-0.39, 0.29) is 31.4 Å². The number of hydrogen-bond acceptors (Lipinski definition) is 7. The quantitative estimate of drug-likeness (QED) is 0.667. The molecule has 2 amide bonds. The molecular formula is C16H25N3O5S. The summed E-state index contributed by atoms with van der Waals surface area (Å²) in [6.45, 7) is 6.68. The van der Waals surface area contributed by atoms with Gasteiger partial charge < -0.3 is 19.7 Å². The van der Waals surface area contributed by atoms with Crippen LogP contribution in [0, 0.1) is 5.92 Å². The first-order valence-electron chi connectivity index (χ1n) is 8.08. The minimum absolute atomic E-state index is 0.184. The van der Waals surface area contributed by atoms with Crippen LogP contribution in [0.5, 0.6) is 0 Å². The average Bonchev–Trinajstić information content (AvgIpc) is 3.04. The van der Waals surface area contributed by atoms with Gasteiger partial charge in [0.05, 0.1) is 20.3 Å². The molecule has 0 unspecified atom stereocenters. The minimum atomic E-state index is -0.511. The van der Waals surface area contributed by atoms with Gasteiger partial charge in [-0.3, -0.25) is 4.79 Å². The van der Waals surface area contributed by atoms with Crippen molar-refractivity contribution in [1.29, 1.82) is 0 Å². The fourth-order valence-electron chi connectivity index (χ4n) is 1.88. The first-order chi connectivity index (χ1) is 11.9. The number of carbonyl (C=O) groups excluding carboxylic acids is 3. The van der Waals surface area contributed by atoms with Gasteiger partial charge in [0.2, 0.25) is 0 Å². The van der Waals surface area contributed by atoms with E-state index in [1.165, 1.54) is 18.4 Å². The van der Waals surface area contributed by atoms with Gasteiger partial charge in [-0.05, 0) is 19.3 Å². The van der Waals surface area contributed by atoms with Gasteiger partial charge in [-0.25, -0.2) is 14.6 Å². The normalized spacial score (nSPS) is 10.4. The van der Waals surface area contributed by atoms with Crippen molar-refractivity contribution in [1.82, 2.24) is 15.2 Å². The van der Waals surface area contributed by atoms with E-state index in [1.807, 2.05) is 0 Å². The Labute approximate surface area is 151 Å². The molecule has 0 saturated carbocycles. The number of esters is 2. The van der Waals surface area contributed by atoms with Gasteiger partial charge in [0, 0.05) is 11.9 Å². The summed E-state index contributed by atoms with van der Waals surface area (Å²) in [5.74, 6) is -0.577. The maximum Gasteiger partial charge on any atom is 0.357 e. The second-order valence-corrected chi connectivity index (χ2v) is 6.63. The molecule has 0 aliphatic rings. The fourth-order valence-corrected chi connectivity index (χ4v) is 2.66. The first kappa shape index (κ1) is 20.9. The van der Waals surface area contributed by atoms with E-state index in [1.54, 1.807) is 17.2 Å². The van der Waals surface area contributed by atoms with E-state index in [9.17, 15) is 14.4 Å². The standard InChI is InChI=1S/C16H25N3O5S/c1-5-24-14(20)8-17-16(22)19(7-6-11(2)3)9-13-18-12(10-25-13)15(21)23-4/h10-11H,5-9H2,1-4H3,(H,17,22). The summed E-state index contributed by atoms with van der Waals surface area (Å²) >= 11 is 1.28. The molecule has 0 bridgehead atoms. The molecule has 140 valence electrons. The molecule has 0 fully saturated rings. The zero-order valence-electron chi connectivity index (χ0n) is 15.0. The Morgan fingerprint density at radius 2 is 2.08 bits per heavy atom. The molecule has 1 rings (SSSR count). The van der Waals surface area contributed by atoms with Crippen molar-refractivity contribution in [2.45, 2.75) is 33.7 Å². The lowest BCUT2D eigenvalue weighted by atomic mass is 10.1. The number of nitrogens with one attached hydrogen (secondary N) is 1. The number of thiazole rings is 1. The highest BCUT2D eigenvalue weighted by molar-refractivity contribution is 7.09. The van der Waals surface area contributed by atoms with E-state index in [0.29, 0.717) is 17.5 Å². The van der Waals surface area contributed by atoms with Crippen LogP contribution in [-0.4, -0.2) is 54.7 Å². The Bertz CT molecular complexity index is 588. The number of rotatable bonds is 9. The van der Waals surface area contributed by atoms with Crippen LogP contribution in [0.4, 0.5) is 4.79 Å². The number of amides is 2. The largest absolute Gasteiger partial charge is 0.465 e. The monoisotopic (exact) mass is 371 g/mol. The number of aromatic nitrogens is 1. The van der Waals surface area contributed by atoms with Crippen LogP contribution in [0.3, 0.4) is 0 Å². The zero-order valence-corrected chi connectivity index (χ0v) is 15.9. The Balaban J connectivity index is 2.71. The molecule has 1 aromatic rings. The predicted octanol–water partition coefficient (Wildman–Crippen LogP) is 2.05. The van der Waals surface area contributed by atoms with Gasteiger partial charge >= 0.3 is 18.0 Å². The molecule has 0 aliphatic carbocycles. The van der Waals surface area contributed by atoms with Crippen molar-refractivity contribution in [3.63, 3.8) is 0 Å². The molecule has 0 saturated heterocycles. The third-order valence-corrected chi connectivity index (χ3v) is 4.06. The van der Waals surface area contributed by atoms with Gasteiger partial charge in [-0.2, -0.15) is 0 Å². The number of hydrogen-bond donors (Lipinski definition) is 1. The van der Waals surface area contributed by atoms with Crippen LogP contribution >= 0.6 is 11.3 Å². The summed E-state index contributed by atoms with van der Waals surface area (Å²) in [5, 5.41) is 4.77. The van der Waals surface area contributed by atoms with Crippen molar-refractivity contribution in [3.05, 3.63) is 16.1 Å². The Morgan fingerprint density at radius 3 is 2.68 bits per heavy atom. The second kappa shape index (κ2) is 10.7. The highest BCUT2D eigenvalue weighted by atomic mass is 32.1. The molecule has 0 spiro atoms. The van der Waals surface area contributed by atoms with Gasteiger partial charge in [0.1, 0.15) is 11.6 Å². The predicted molar refractivity (Wildman–Crippen MR) is 93.4 cm³/mol. The molecular weight excluding hydrogens is 346 g/mol. The zero-order chi connectivity index (χ0) is 18.8. The van der Waals surface area contributed by atoms with Gasteiger partial charge in [-0.1, -0.05) is 13.8 Å². The lowest BCUT2D eigenvalue weighted by molar-refractivity contribution is -0.141. The van der Waals surface area contributed by atoms with E-state index < -0.39 is 11.9 Å². The highest BCUT2D eigenvalue weighted by Crippen LogP contribution is 2.14. The minimum Gasteiger partial charge on any atom is -0.465 e. The van der Waals surface area contributed by atoms with Crippen molar-refractivity contribution in [2.24, 2.45) is 5.92 Å². The Morgan fingerprint density at radius 1 is 1.36 bits per heavy atom. The van der Waals surface area contributed by atoms with E-state index >= 15 is 0 Å². The average molecular weight is 371 g/mol. The van der Waals surface area contributed by atoms with E-state index in [4.69, 9.17) is 4.74 Å². The second-order valence-electron chi connectivity index (χ2n) is 5.69. The van der Waals surface area contributed by atoms with Crippen LogP contribution in [0.2, 0.25) is 0 Å². The maximum absolute atomic E-state index is 12.4. The highest BCUT2D eigenvalue weighted by Gasteiger charge is 2.18. The van der Waals surface area contributed by atoms with Gasteiger partial charge in [0.15, 0.2) is 5.69 Å². The van der Waals surface area contributed by atoms with Crippen LogP contribution in [0.25, 0.3) is 0 Å². The molecule has 25 heavy (non-hydrogen) atoms. The molecule has 0 radical (unpaired) electrons. The number of methoxy groups -OCH3 is 1. The van der Waals surface area contributed by atoms with Crippen LogP contribution in [0.1, 0.15) is 42.7 Å². The summed E-state index contributed by atoms with van der Waals surface area (Å²) in [7, 11) is 1.29.